The molecule has 2 aromatic rings. The third-order valence-electron chi connectivity index (χ3n) is 3.56. The number of halogens is 4. The highest BCUT2D eigenvalue weighted by molar-refractivity contribution is 5.89. The molecule has 0 unspecified atom stereocenters. The van der Waals surface area contributed by atoms with Gasteiger partial charge in [-0.1, -0.05) is 12.1 Å². The van der Waals surface area contributed by atoms with Gasteiger partial charge in [0, 0.05) is 11.9 Å². The first-order valence-corrected chi connectivity index (χ1v) is 7.72. The van der Waals surface area contributed by atoms with Crippen LogP contribution in [-0.2, 0) is 11.0 Å². The summed E-state index contributed by atoms with van der Waals surface area (Å²) in [4.78, 5) is 24.0. The van der Waals surface area contributed by atoms with Crippen molar-refractivity contribution in [2.45, 2.75) is 13.1 Å². The fraction of sp³-hybridized carbons (Fsp3) is 0.158. The van der Waals surface area contributed by atoms with Gasteiger partial charge in [0.15, 0.2) is 0 Å². The third kappa shape index (κ3) is 5.40. The fourth-order valence-electron chi connectivity index (χ4n) is 2.33. The monoisotopic (exact) mass is 381 g/mol. The summed E-state index contributed by atoms with van der Waals surface area (Å²) < 4.78 is 51.8. The minimum atomic E-state index is -4.83. The topological polar surface area (TPSA) is 57.6 Å². The number of ketones is 1. The van der Waals surface area contributed by atoms with E-state index in [-0.39, 0.29) is 23.5 Å². The van der Waals surface area contributed by atoms with Crippen LogP contribution in [0.3, 0.4) is 0 Å². The highest BCUT2D eigenvalue weighted by Gasteiger charge is 2.34. The lowest BCUT2D eigenvalue weighted by atomic mass is 10.1. The molecule has 2 aromatic carbocycles. The average Bonchev–Trinajstić information content (AvgIpc) is 2.58. The molecular weight excluding hydrogens is 366 g/mol. The lowest BCUT2D eigenvalue weighted by Crippen LogP contribution is -2.23. The summed E-state index contributed by atoms with van der Waals surface area (Å²) in [5, 5.41) is 9.07. The van der Waals surface area contributed by atoms with Crippen molar-refractivity contribution < 1.29 is 32.3 Å². The Morgan fingerprint density at radius 1 is 1.15 bits per heavy atom. The smallest absolute Gasteiger partial charge is 0.419 e. The van der Waals surface area contributed by atoms with E-state index in [0.717, 1.165) is 0 Å². The molecule has 27 heavy (non-hydrogen) atoms. The Bertz CT molecular complexity index is 891. The minimum Gasteiger partial charge on any atom is -0.478 e. The highest BCUT2D eigenvalue weighted by Crippen LogP contribution is 2.32. The van der Waals surface area contributed by atoms with E-state index in [4.69, 9.17) is 5.11 Å². The van der Waals surface area contributed by atoms with Crippen molar-refractivity contribution in [3.63, 3.8) is 0 Å². The van der Waals surface area contributed by atoms with Gasteiger partial charge in [-0.05, 0) is 48.9 Å². The number of Topliss-reactive ketones (excluding diaryl/α,β-unsaturated/α-hetero) is 1. The molecule has 0 amide bonds. The molecule has 8 heteroatoms. The Kier molecular flexibility index (Phi) is 5.99. The number of carboxylic acid groups (broad SMARTS) is 1. The van der Waals surface area contributed by atoms with Crippen molar-refractivity contribution in [1.82, 2.24) is 0 Å². The molecule has 0 radical (unpaired) electrons. The van der Waals surface area contributed by atoms with Crippen LogP contribution in [-0.4, -0.2) is 23.4 Å². The van der Waals surface area contributed by atoms with Crippen LogP contribution in [0.15, 0.2) is 48.7 Å². The third-order valence-corrected chi connectivity index (χ3v) is 3.56. The Morgan fingerprint density at radius 2 is 1.85 bits per heavy atom. The average molecular weight is 381 g/mol. The number of hydrogen-bond acceptors (Lipinski definition) is 3. The predicted molar refractivity (Wildman–Crippen MR) is 91.9 cm³/mol. The van der Waals surface area contributed by atoms with Gasteiger partial charge in [-0.15, -0.1) is 0 Å². The maximum atomic E-state index is 13.4. The van der Waals surface area contributed by atoms with Crippen molar-refractivity contribution in [3.8, 4) is 0 Å². The summed E-state index contributed by atoms with van der Waals surface area (Å²) in [5.74, 6) is -2.78. The number of aromatic carboxylic acids is 1. The van der Waals surface area contributed by atoms with Crippen molar-refractivity contribution in [2.75, 3.05) is 11.4 Å². The quantitative estimate of drug-likeness (QED) is 0.743. The van der Waals surface area contributed by atoms with Crippen molar-refractivity contribution in [3.05, 3.63) is 71.2 Å². The lowest BCUT2D eigenvalue weighted by molar-refractivity contribution is -0.140. The van der Waals surface area contributed by atoms with Crippen molar-refractivity contribution in [1.29, 1.82) is 0 Å². The molecule has 0 bridgehead atoms. The van der Waals surface area contributed by atoms with Gasteiger partial charge < -0.3 is 10.0 Å². The van der Waals surface area contributed by atoms with E-state index in [0.29, 0.717) is 17.8 Å². The standard InChI is InChI=1S/C19H15F4NO3/c1-12(25)11-24(15-4-2-3-14(10-15)18(26)27)8-7-13-5-6-17(20)16(9-13)19(21,22)23/h2-10H,11H2,1H3,(H,26,27). The van der Waals surface area contributed by atoms with Crippen molar-refractivity contribution in [2.24, 2.45) is 0 Å². The largest absolute Gasteiger partial charge is 0.478 e. The molecule has 0 fully saturated rings. The van der Waals surface area contributed by atoms with Gasteiger partial charge in [-0.2, -0.15) is 13.2 Å². The molecular formula is C19H15F4NO3. The Hall–Kier alpha value is -3.16. The van der Waals surface area contributed by atoms with Gasteiger partial charge in [0.1, 0.15) is 11.6 Å². The summed E-state index contributed by atoms with van der Waals surface area (Å²) in [6.45, 7) is 1.20. The van der Waals surface area contributed by atoms with Crippen LogP contribution < -0.4 is 4.90 Å². The van der Waals surface area contributed by atoms with Crippen LogP contribution in [0.1, 0.15) is 28.4 Å². The predicted octanol–water partition coefficient (Wildman–Crippen LogP) is 4.61. The highest BCUT2D eigenvalue weighted by atomic mass is 19.4. The summed E-state index contributed by atoms with van der Waals surface area (Å²) in [7, 11) is 0. The van der Waals surface area contributed by atoms with Gasteiger partial charge in [-0.25, -0.2) is 9.18 Å². The molecule has 0 heterocycles. The number of carbonyl (C=O) groups excluding carboxylic acids is 1. The molecule has 4 nitrogen and oxygen atoms in total. The number of anilines is 1. The second kappa shape index (κ2) is 8.03. The van der Waals surface area contributed by atoms with Gasteiger partial charge >= 0.3 is 12.1 Å². The van der Waals surface area contributed by atoms with E-state index in [9.17, 15) is 27.2 Å². The molecule has 0 aliphatic heterocycles. The molecule has 0 aliphatic carbocycles. The zero-order valence-electron chi connectivity index (χ0n) is 14.1. The van der Waals surface area contributed by atoms with Crippen LogP contribution in [0.2, 0.25) is 0 Å². The number of carbonyl (C=O) groups is 2. The Labute approximate surface area is 152 Å². The van der Waals surface area contributed by atoms with E-state index in [1.807, 2.05) is 0 Å². The first-order valence-electron chi connectivity index (χ1n) is 7.72. The number of rotatable bonds is 6. The van der Waals surface area contributed by atoms with E-state index in [2.05, 4.69) is 0 Å². The second-order valence-corrected chi connectivity index (χ2v) is 5.74. The van der Waals surface area contributed by atoms with Crippen LogP contribution >= 0.6 is 0 Å². The first kappa shape index (κ1) is 20.2. The summed E-state index contributed by atoms with van der Waals surface area (Å²) in [5.41, 5.74) is -0.947. The molecule has 1 N–H and O–H groups in total. The number of nitrogens with zero attached hydrogens (tertiary/aromatic N) is 1. The molecule has 0 atom stereocenters. The zero-order chi connectivity index (χ0) is 20.2. The van der Waals surface area contributed by atoms with Gasteiger partial charge in [0.05, 0.1) is 17.7 Å². The van der Waals surface area contributed by atoms with E-state index < -0.39 is 23.5 Å². The first-order chi connectivity index (χ1) is 12.6. The number of benzene rings is 2. The molecule has 0 spiro atoms. The van der Waals surface area contributed by atoms with Gasteiger partial charge in [0.2, 0.25) is 0 Å². The molecule has 0 aliphatic rings. The number of hydrogen-bond donors (Lipinski definition) is 1. The number of alkyl halides is 3. The van der Waals surface area contributed by atoms with Crippen molar-refractivity contribution >= 4 is 23.5 Å². The molecule has 2 rings (SSSR count). The number of carboxylic acids is 1. The van der Waals surface area contributed by atoms with Crippen LogP contribution in [0.4, 0.5) is 23.2 Å². The summed E-state index contributed by atoms with van der Waals surface area (Å²) in [6.07, 6.45) is -2.20. The second-order valence-electron chi connectivity index (χ2n) is 5.74. The fourth-order valence-corrected chi connectivity index (χ4v) is 2.33. The van der Waals surface area contributed by atoms with Crippen LogP contribution in [0.5, 0.6) is 0 Å². The Balaban J connectivity index is 2.38. The van der Waals surface area contributed by atoms with Crippen LogP contribution in [0.25, 0.3) is 6.08 Å². The SMILES string of the molecule is CC(=O)CN(C=Cc1ccc(F)c(C(F)(F)F)c1)c1cccc(C(=O)O)c1. The molecule has 0 saturated carbocycles. The molecule has 142 valence electrons. The normalized spacial score (nSPS) is 11.6. The van der Waals surface area contributed by atoms with Gasteiger partial charge in [-0.3, -0.25) is 4.79 Å². The van der Waals surface area contributed by atoms with E-state index >= 15 is 0 Å². The maximum absolute atomic E-state index is 13.4. The van der Waals surface area contributed by atoms with Crippen LogP contribution in [0, 0.1) is 5.82 Å². The molecule has 0 aromatic heterocycles. The Morgan fingerprint density at radius 3 is 2.44 bits per heavy atom. The maximum Gasteiger partial charge on any atom is 0.419 e. The summed E-state index contributed by atoms with van der Waals surface area (Å²) >= 11 is 0. The summed E-state index contributed by atoms with van der Waals surface area (Å²) in [6, 6.07) is 8.29. The minimum absolute atomic E-state index is 0.00408. The lowest BCUT2D eigenvalue weighted by Gasteiger charge is -2.19. The van der Waals surface area contributed by atoms with E-state index in [1.54, 1.807) is 6.07 Å². The van der Waals surface area contributed by atoms with Gasteiger partial charge in [0.25, 0.3) is 0 Å². The van der Waals surface area contributed by atoms with E-state index in [1.165, 1.54) is 48.4 Å². The molecule has 0 saturated heterocycles. The zero-order valence-corrected chi connectivity index (χ0v) is 14.1.